The monoisotopic (exact) mass is 380 g/mol. The van der Waals surface area contributed by atoms with Gasteiger partial charge in [0.25, 0.3) is 0 Å². The molecule has 0 bridgehead atoms. The molecule has 0 heterocycles. The van der Waals surface area contributed by atoms with E-state index in [0.29, 0.717) is 24.7 Å². The molecule has 1 nitrogen and oxygen atoms in total. The van der Waals surface area contributed by atoms with Crippen molar-refractivity contribution in [2.24, 2.45) is 29.6 Å². The third-order valence-corrected chi connectivity index (χ3v) is 7.92. The molecule has 3 aliphatic carbocycles. The Labute approximate surface area is 160 Å². The highest BCUT2D eigenvalue weighted by Gasteiger charge is 2.48. The van der Waals surface area contributed by atoms with Crippen molar-refractivity contribution in [3.63, 3.8) is 0 Å². The van der Waals surface area contributed by atoms with Crippen LogP contribution in [-0.4, -0.2) is 5.11 Å². The average Bonchev–Trinajstić information content (AvgIpc) is 2.65. The van der Waals surface area contributed by atoms with E-state index in [1.165, 1.54) is 38.5 Å². The van der Waals surface area contributed by atoms with Crippen molar-refractivity contribution in [1.82, 2.24) is 0 Å². The van der Waals surface area contributed by atoms with E-state index >= 15 is 0 Å². The van der Waals surface area contributed by atoms with Gasteiger partial charge >= 0.3 is 0 Å². The molecule has 0 saturated heterocycles. The number of hydrogen-bond acceptors (Lipinski definition) is 1. The summed E-state index contributed by atoms with van der Waals surface area (Å²) in [6, 6.07) is 1.97. The fourth-order valence-electron chi connectivity index (χ4n) is 6.67. The highest BCUT2D eigenvalue weighted by atomic mass is 19.2. The minimum Gasteiger partial charge on any atom is -0.385 e. The third kappa shape index (κ3) is 3.54. The largest absolute Gasteiger partial charge is 0.385 e. The lowest BCUT2D eigenvalue weighted by Gasteiger charge is -2.52. The second kappa shape index (κ2) is 7.42. The molecule has 0 spiro atoms. The van der Waals surface area contributed by atoms with Crippen molar-refractivity contribution < 1.29 is 18.3 Å². The SMILES string of the molecule is CCCC1CCC2C(CCC3CC(O)(c4cc(F)c(F)c(F)c4)CCC32)C1. The first kappa shape index (κ1) is 19.3. The first-order valence-electron chi connectivity index (χ1n) is 10.8. The predicted molar refractivity (Wildman–Crippen MR) is 99.5 cm³/mol. The van der Waals surface area contributed by atoms with Gasteiger partial charge in [0.2, 0.25) is 0 Å². The lowest BCUT2D eigenvalue weighted by molar-refractivity contribution is -0.0845. The van der Waals surface area contributed by atoms with Crippen LogP contribution in [0.5, 0.6) is 0 Å². The summed E-state index contributed by atoms with van der Waals surface area (Å²) in [7, 11) is 0. The van der Waals surface area contributed by atoms with Crippen molar-refractivity contribution in [3.8, 4) is 0 Å². The Balaban J connectivity index is 1.49. The number of rotatable bonds is 3. The third-order valence-electron chi connectivity index (χ3n) is 7.92. The van der Waals surface area contributed by atoms with E-state index in [4.69, 9.17) is 0 Å². The Hall–Kier alpha value is -1.03. The van der Waals surface area contributed by atoms with Crippen molar-refractivity contribution in [1.29, 1.82) is 0 Å². The maximum atomic E-state index is 13.7. The molecule has 150 valence electrons. The number of benzene rings is 1. The Morgan fingerprint density at radius 2 is 1.63 bits per heavy atom. The molecule has 1 aromatic rings. The van der Waals surface area contributed by atoms with Gasteiger partial charge in [0.15, 0.2) is 17.5 Å². The van der Waals surface area contributed by atoms with Crippen molar-refractivity contribution in [3.05, 3.63) is 35.1 Å². The summed E-state index contributed by atoms with van der Waals surface area (Å²) in [4.78, 5) is 0. The van der Waals surface area contributed by atoms with E-state index in [-0.39, 0.29) is 5.56 Å². The van der Waals surface area contributed by atoms with E-state index in [9.17, 15) is 18.3 Å². The normalized spacial score (nSPS) is 38.9. The quantitative estimate of drug-likeness (QED) is 0.607. The van der Waals surface area contributed by atoms with Gasteiger partial charge < -0.3 is 5.11 Å². The molecule has 0 radical (unpaired) electrons. The summed E-state index contributed by atoms with van der Waals surface area (Å²) in [5.74, 6) is -0.381. The van der Waals surface area contributed by atoms with E-state index < -0.39 is 23.1 Å². The molecule has 1 N–H and O–H groups in total. The zero-order valence-corrected chi connectivity index (χ0v) is 16.2. The Kier molecular flexibility index (Phi) is 5.30. The highest BCUT2D eigenvalue weighted by Crippen LogP contribution is 2.56. The molecule has 0 aromatic heterocycles. The topological polar surface area (TPSA) is 20.2 Å². The van der Waals surface area contributed by atoms with Gasteiger partial charge in [-0.3, -0.25) is 0 Å². The Morgan fingerprint density at radius 1 is 0.963 bits per heavy atom. The van der Waals surface area contributed by atoms with Crippen molar-refractivity contribution in [2.75, 3.05) is 0 Å². The lowest BCUT2D eigenvalue weighted by Crippen LogP contribution is -2.45. The second-order valence-corrected chi connectivity index (χ2v) is 9.42. The van der Waals surface area contributed by atoms with Gasteiger partial charge in [0, 0.05) is 0 Å². The van der Waals surface area contributed by atoms with Crippen LogP contribution in [0.25, 0.3) is 0 Å². The van der Waals surface area contributed by atoms with E-state index in [0.717, 1.165) is 42.7 Å². The van der Waals surface area contributed by atoms with Crippen molar-refractivity contribution >= 4 is 0 Å². The fourth-order valence-corrected chi connectivity index (χ4v) is 6.67. The van der Waals surface area contributed by atoms with Crippen LogP contribution in [0.15, 0.2) is 12.1 Å². The standard InChI is InChI=1S/C23H31F3O/c1-2-3-14-4-7-18-15(10-14)5-6-16-13-23(27,9-8-19(16)18)17-11-20(24)22(26)21(25)12-17/h11-12,14-16,18-19,27H,2-10,13H2,1H3. The summed E-state index contributed by atoms with van der Waals surface area (Å²) in [6.07, 6.45) is 10.9. The number of aliphatic hydroxyl groups is 1. The van der Waals surface area contributed by atoms with Crippen LogP contribution < -0.4 is 0 Å². The van der Waals surface area contributed by atoms with E-state index in [1.54, 1.807) is 0 Å². The maximum absolute atomic E-state index is 13.7. The van der Waals surface area contributed by atoms with Gasteiger partial charge in [0.05, 0.1) is 5.60 Å². The molecule has 27 heavy (non-hydrogen) atoms. The molecule has 3 saturated carbocycles. The molecular weight excluding hydrogens is 349 g/mol. The zero-order chi connectivity index (χ0) is 19.2. The minimum atomic E-state index is -1.46. The van der Waals surface area contributed by atoms with Crippen molar-refractivity contribution in [2.45, 2.75) is 76.7 Å². The molecule has 1 aromatic carbocycles. The second-order valence-electron chi connectivity index (χ2n) is 9.42. The summed E-state index contributed by atoms with van der Waals surface area (Å²) in [6.45, 7) is 2.27. The van der Waals surface area contributed by atoms with Gasteiger partial charge in [-0.2, -0.15) is 0 Å². The molecule has 4 heteroatoms. The van der Waals surface area contributed by atoms with Crippen LogP contribution in [-0.2, 0) is 5.60 Å². The first-order chi connectivity index (χ1) is 12.9. The Morgan fingerprint density at radius 3 is 2.33 bits per heavy atom. The van der Waals surface area contributed by atoms with E-state index in [2.05, 4.69) is 6.92 Å². The van der Waals surface area contributed by atoms with Crippen LogP contribution in [0, 0.1) is 47.0 Å². The Bertz CT molecular complexity index is 667. The predicted octanol–water partition coefficient (Wildman–Crippen LogP) is 6.33. The van der Waals surface area contributed by atoms with Crippen LogP contribution >= 0.6 is 0 Å². The first-order valence-corrected chi connectivity index (χ1v) is 10.8. The van der Waals surface area contributed by atoms with Crippen LogP contribution in [0.3, 0.4) is 0 Å². The highest BCUT2D eigenvalue weighted by molar-refractivity contribution is 5.26. The molecule has 6 unspecified atom stereocenters. The van der Waals surface area contributed by atoms with Crippen LogP contribution in [0.4, 0.5) is 13.2 Å². The van der Waals surface area contributed by atoms with Gasteiger partial charge in [0.1, 0.15) is 0 Å². The number of fused-ring (bicyclic) bond motifs is 3. The fraction of sp³-hybridized carbons (Fsp3) is 0.739. The molecular formula is C23H31F3O. The average molecular weight is 380 g/mol. The van der Waals surface area contributed by atoms with Crippen LogP contribution in [0.1, 0.15) is 76.7 Å². The van der Waals surface area contributed by atoms with Gasteiger partial charge in [-0.15, -0.1) is 0 Å². The minimum absolute atomic E-state index is 0.200. The lowest BCUT2D eigenvalue weighted by atomic mass is 9.54. The number of halogens is 3. The molecule has 3 fully saturated rings. The molecule has 4 rings (SSSR count). The van der Waals surface area contributed by atoms with E-state index in [1.807, 2.05) is 0 Å². The summed E-state index contributed by atoms with van der Waals surface area (Å²) in [5, 5.41) is 11.2. The maximum Gasteiger partial charge on any atom is 0.194 e. The summed E-state index contributed by atoms with van der Waals surface area (Å²) < 4.78 is 40.7. The van der Waals surface area contributed by atoms with Gasteiger partial charge in [-0.1, -0.05) is 26.2 Å². The summed E-state index contributed by atoms with van der Waals surface area (Å²) in [5.41, 5.74) is -1.03. The zero-order valence-electron chi connectivity index (χ0n) is 16.2. The number of hydrogen-bond donors (Lipinski definition) is 1. The smallest absolute Gasteiger partial charge is 0.194 e. The summed E-state index contributed by atoms with van der Waals surface area (Å²) >= 11 is 0. The van der Waals surface area contributed by atoms with Gasteiger partial charge in [-0.05, 0) is 92.2 Å². The van der Waals surface area contributed by atoms with Gasteiger partial charge in [-0.25, -0.2) is 13.2 Å². The molecule has 6 atom stereocenters. The van der Waals surface area contributed by atoms with Crippen LogP contribution in [0.2, 0.25) is 0 Å². The molecule has 3 aliphatic rings. The molecule has 0 aliphatic heterocycles. The molecule has 0 amide bonds.